The molecule has 2 heteroatoms. The van der Waals surface area contributed by atoms with Gasteiger partial charge in [-0.2, -0.15) is 0 Å². The zero-order valence-corrected chi connectivity index (χ0v) is 11.1. The minimum absolute atomic E-state index is 0.0431. The van der Waals surface area contributed by atoms with Crippen LogP contribution in [-0.2, 0) is 4.79 Å². The number of carbonyl (C=O) groups excluding carboxylic acids is 2. The molecule has 0 saturated heterocycles. The second-order valence-corrected chi connectivity index (χ2v) is 4.58. The van der Waals surface area contributed by atoms with E-state index >= 15 is 0 Å². The van der Waals surface area contributed by atoms with Crippen molar-refractivity contribution in [3.63, 3.8) is 0 Å². The lowest BCUT2D eigenvalue weighted by molar-refractivity contribution is -0.117. The van der Waals surface area contributed by atoms with Crippen LogP contribution in [0.1, 0.15) is 48.5 Å². The van der Waals surface area contributed by atoms with Gasteiger partial charge in [-0.3, -0.25) is 4.79 Å². The molecule has 0 saturated carbocycles. The standard InChI is InChI=1S/C16H20O2/c1-13-9-11-15(12-10-13)16(18)8-6-4-3-5-7-14(2)17/h6,8-12H,3-5,7H2,1-2H3/b8-6+. The van der Waals surface area contributed by atoms with Crippen LogP contribution in [0.25, 0.3) is 0 Å². The van der Waals surface area contributed by atoms with Gasteiger partial charge in [-0.25, -0.2) is 0 Å². The summed E-state index contributed by atoms with van der Waals surface area (Å²) in [6, 6.07) is 7.57. The molecule has 2 nitrogen and oxygen atoms in total. The van der Waals surface area contributed by atoms with Crippen LogP contribution >= 0.6 is 0 Å². The molecule has 96 valence electrons. The van der Waals surface area contributed by atoms with E-state index in [1.54, 1.807) is 13.0 Å². The van der Waals surface area contributed by atoms with Crippen LogP contribution in [0.5, 0.6) is 0 Å². The lowest BCUT2D eigenvalue weighted by Gasteiger charge is -1.97. The third-order valence-electron chi connectivity index (χ3n) is 2.75. The Bertz CT molecular complexity index is 427. The summed E-state index contributed by atoms with van der Waals surface area (Å²) in [5.74, 6) is 0.274. The van der Waals surface area contributed by atoms with Gasteiger partial charge in [0.2, 0.25) is 0 Å². The number of ketones is 2. The molecule has 0 aliphatic carbocycles. The van der Waals surface area contributed by atoms with Gasteiger partial charge < -0.3 is 4.79 Å². The summed E-state index contributed by atoms with van der Waals surface area (Å²) in [6.07, 6.45) is 6.86. The Morgan fingerprint density at radius 2 is 1.78 bits per heavy atom. The fraction of sp³-hybridized carbons (Fsp3) is 0.375. The van der Waals surface area contributed by atoms with E-state index in [0.717, 1.165) is 30.4 Å². The predicted molar refractivity (Wildman–Crippen MR) is 73.8 cm³/mol. The summed E-state index contributed by atoms with van der Waals surface area (Å²) in [5.41, 5.74) is 1.88. The molecule has 0 aliphatic rings. The molecule has 1 aromatic rings. The summed E-state index contributed by atoms with van der Waals surface area (Å²) < 4.78 is 0. The van der Waals surface area contributed by atoms with Gasteiger partial charge in [0.1, 0.15) is 5.78 Å². The van der Waals surface area contributed by atoms with Crippen LogP contribution in [0, 0.1) is 6.92 Å². The zero-order chi connectivity index (χ0) is 13.4. The highest BCUT2D eigenvalue weighted by molar-refractivity contribution is 6.04. The monoisotopic (exact) mass is 244 g/mol. The zero-order valence-electron chi connectivity index (χ0n) is 11.1. The molecule has 1 rings (SSSR count). The highest BCUT2D eigenvalue weighted by atomic mass is 16.1. The highest BCUT2D eigenvalue weighted by Gasteiger charge is 1.99. The molecule has 0 radical (unpaired) electrons. The number of aryl methyl sites for hydroxylation is 1. The summed E-state index contributed by atoms with van der Waals surface area (Å²) >= 11 is 0. The van der Waals surface area contributed by atoms with Gasteiger partial charge in [0.15, 0.2) is 5.78 Å². The van der Waals surface area contributed by atoms with Crippen LogP contribution in [0.3, 0.4) is 0 Å². The molecule has 0 fully saturated rings. The van der Waals surface area contributed by atoms with Crippen molar-refractivity contribution in [1.82, 2.24) is 0 Å². The average Bonchev–Trinajstić information content (AvgIpc) is 2.34. The fourth-order valence-corrected chi connectivity index (χ4v) is 1.64. The van der Waals surface area contributed by atoms with E-state index in [9.17, 15) is 9.59 Å². The van der Waals surface area contributed by atoms with Gasteiger partial charge in [-0.1, -0.05) is 35.9 Å². The first-order chi connectivity index (χ1) is 8.59. The third kappa shape index (κ3) is 5.58. The Morgan fingerprint density at radius 1 is 1.11 bits per heavy atom. The number of benzene rings is 1. The molecule has 0 heterocycles. The maximum atomic E-state index is 11.8. The van der Waals surface area contributed by atoms with Crippen molar-refractivity contribution in [2.75, 3.05) is 0 Å². The largest absolute Gasteiger partial charge is 0.300 e. The molecular weight excluding hydrogens is 224 g/mol. The predicted octanol–water partition coefficient (Wildman–Crippen LogP) is 3.88. The van der Waals surface area contributed by atoms with Gasteiger partial charge in [0.25, 0.3) is 0 Å². The average molecular weight is 244 g/mol. The summed E-state index contributed by atoms with van der Waals surface area (Å²) in [4.78, 5) is 22.5. The van der Waals surface area contributed by atoms with Crippen LogP contribution in [0.15, 0.2) is 36.4 Å². The Hall–Kier alpha value is -1.70. The maximum Gasteiger partial charge on any atom is 0.185 e. The van der Waals surface area contributed by atoms with Crippen molar-refractivity contribution < 1.29 is 9.59 Å². The first-order valence-electron chi connectivity index (χ1n) is 6.36. The molecule has 1 aromatic carbocycles. The number of carbonyl (C=O) groups is 2. The summed E-state index contributed by atoms with van der Waals surface area (Å²) in [7, 11) is 0. The van der Waals surface area contributed by atoms with E-state index < -0.39 is 0 Å². The van der Waals surface area contributed by atoms with E-state index in [2.05, 4.69) is 0 Å². The third-order valence-corrected chi connectivity index (χ3v) is 2.75. The van der Waals surface area contributed by atoms with Crippen molar-refractivity contribution in [2.45, 2.75) is 39.5 Å². The quantitative estimate of drug-likeness (QED) is 0.414. The first-order valence-corrected chi connectivity index (χ1v) is 6.36. The van der Waals surface area contributed by atoms with Crippen molar-refractivity contribution in [1.29, 1.82) is 0 Å². The molecule has 0 unspecified atom stereocenters. The fourth-order valence-electron chi connectivity index (χ4n) is 1.64. The van der Waals surface area contributed by atoms with E-state index in [1.165, 1.54) is 0 Å². The van der Waals surface area contributed by atoms with Gasteiger partial charge in [0, 0.05) is 12.0 Å². The molecule has 18 heavy (non-hydrogen) atoms. The smallest absolute Gasteiger partial charge is 0.185 e. The SMILES string of the molecule is CC(=O)CCCC/C=C/C(=O)c1ccc(C)cc1. The van der Waals surface area contributed by atoms with Crippen molar-refractivity contribution in [3.8, 4) is 0 Å². The molecule has 0 spiro atoms. The first kappa shape index (κ1) is 14.4. The number of hydrogen-bond donors (Lipinski definition) is 0. The maximum absolute atomic E-state index is 11.8. The van der Waals surface area contributed by atoms with Crippen molar-refractivity contribution in [2.24, 2.45) is 0 Å². The Labute approximate surface area is 109 Å². The Balaban J connectivity index is 2.31. The second-order valence-electron chi connectivity index (χ2n) is 4.58. The molecule has 0 atom stereocenters. The van der Waals surface area contributed by atoms with E-state index in [4.69, 9.17) is 0 Å². The molecular formula is C16H20O2. The molecule has 0 aromatic heterocycles. The molecule has 0 N–H and O–H groups in total. The van der Waals surface area contributed by atoms with E-state index in [0.29, 0.717) is 6.42 Å². The minimum Gasteiger partial charge on any atom is -0.300 e. The molecule has 0 amide bonds. The van der Waals surface area contributed by atoms with Crippen LogP contribution in [0.2, 0.25) is 0 Å². The number of Topliss-reactive ketones (excluding diaryl/α,β-unsaturated/α-hetero) is 1. The van der Waals surface area contributed by atoms with Crippen molar-refractivity contribution >= 4 is 11.6 Å². The topological polar surface area (TPSA) is 34.1 Å². The Morgan fingerprint density at radius 3 is 2.39 bits per heavy atom. The number of allylic oxidation sites excluding steroid dienone is 2. The van der Waals surface area contributed by atoms with Crippen molar-refractivity contribution in [3.05, 3.63) is 47.5 Å². The van der Waals surface area contributed by atoms with E-state index in [1.807, 2.05) is 37.3 Å². The lowest BCUT2D eigenvalue weighted by atomic mass is 10.1. The highest BCUT2D eigenvalue weighted by Crippen LogP contribution is 2.06. The van der Waals surface area contributed by atoms with E-state index in [-0.39, 0.29) is 11.6 Å². The number of hydrogen-bond acceptors (Lipinski definition) is 2. The van der Waals surface area contributed by atoms with Crippen LogP contribution < -0.4 is 0 Å². The second kappa shape index (κ2) is 7.59. The van der Waals surface area contributed by atoms with Gasteiger partial charge in [-0.15, -0.1) is 0 Å². The van der Waals surface area contributed by atoms with Crippen LogP contribution in [0.4, 0.5) is 0 Å². The minimum atomic E-state index is 0.0431. The number of rotatable bonds is 7. The molecule has 0 bridgehead atoms. The number of unbranched alkanes of at least 4 members (excludes halogenated alkanes) is 2. The van der Waals surface area contributed by atoms with Crippen LogP contribution in [-0.4, -0.2) is 11.6 Å². The molecule has 0 aliphatic heterocycles. The Kier molecular flexibility index (Phi) is 6.06. The van der Waals surface area contributed by atoms with Gasteiger partial charge in [-0.05, 0) is 39.2 Å². The van der Waals surface area contributed by atoms with Gasteiger partial charge in [0.05, 0.1) is 0 Å². The summed E-state index contributed by atoms with van der Waals surface area (Å²) in [6.45, 7) is 3.61. The normalized spacial score (nSPS) is 10.8. The lowest BCUT2D eigenvalue weighted by Crippen LogP contribution is -1.93. The summed E-state index contributed by atoms with van der Waals surface area (Å²) in [5, 5.41) is 0. The van der Waals surface area contributed by atoms with Gasteiger partial charge >= 0.3 is 0 Å².